The van der Waals surface area contributed by atoms with E-state index >= 15 is 0 Å². The number of thiazole rings is 1. The molecule has 0 saturated carbocycles. The Morgan fingerprint density at radius 3 is 3.05 bits per heavy atom. The van der Waals surface area contributed by atoms with Crippen molar-refractivity contribution in [1.82, 2.24) is 14.9 Å². The van der Waals surface area contributed by atoms with Crippen LogP contribution in [0.25, 0.3) is 11.1 Å². The van der Waals surface area contributed by atoms with Gasteiger partial charge in [0, 0.05) is 23.7 Å². The number of fused-ring (bicyclic) bond motifs is 1. The highest BCUT2D eigenvalue weighted by Gasteiger charge is 2.09. The van der Waals surface area contributed by atoms with Gasteiger partial charge < -0.3 is 10.2 Å². The average Bonchev–Trinajstić information content (AvgIpc) is 2.97. The molecule has 98 valence electrons. The number of nitrogen functional groups attached to an aromatic ring is 1. The summed E-state index contributed by atoms with van der Waals surface area (Å²) in [6.07, 6.45) is 0. The molecule has 0 unspecified atom stereocenters. The SMILES string of the molecule is CN(Cc1cscn1)Cc1nc2ccc(N)cc2o1. The summed E-state index contributed by atoms with van der Waals surface area (Å²) in [4.78, 5) is 10.8. The number of anilines is 1. The highest BCUT2D eigenvalue weighted by molar-refractivity contribution is 7.07. The van der Waals surface area contributed by atoms with Crippen LogP contribution in [-0.2, 0) is 13.1 Å². The van der Waals surface area contributed by atoms with Gasteiger partial charge in [0.15, 0.2) is 5.58 Å². The summed E-state index contributed by atoms with van der Waals surface area (Å²) >= 11 is 1.60. The minimum atomic E-state index is 0.645. The minimum absolute atomic E-state index is 0.645. The fraction of sp³-hybridized carbons (Fsp3) is 0.231. The van der Waals surface area contributed by atoms with Crippen LogP contribution in [0.2, 0.25) is 0 Å². The van der Waals surface area contributed by atoms with Gasteiger partial charge >= 0.3 is 0 Å². The molecule has 6 heteroatoms. The lowest BCUT2D eigenvalue weighted by Gasteiger charge is -2.12. The van der Waals surface area contributed by atoms with E-state index < -0.39 is 0 Å². The summed E-state index contributed by atoms with van der Waals surface area (Å²) in [6.45, 7) is 1.43. The normalized spacial score (nSPS) is 11.5. The third-order valence-electron chi connectivity index (χ3n) is 2.78. The summed E-state index contributed by atoms with van der Waals surface area (Å²) in [6, 6.07) is 5.50. The van der Waals surface area contributed by atoms with Crippen molar-refractivity contribution >= 4 is 28.1 Å². The Morgan fingerprint density at radius 2 is 2.26 bits per heavy atom. The number of hydrogen-bond donors (Lipinski definition) is 1. The molecule has 0 amide bonds. The van der Waals surface area contributed by atoms with Crippen LogP contribution in [0.15, 0.2) is 33.5 Å². The highest BCUT2D eigenvalue weighted by atomic mass is 32.1. The van der Waals surface area contributed by atoms with Crippen molar-refractivity contribution < 1.29 is 4.42 Å². The molecular formula is C13H14N4OS. The van der Waals surface area contributed by atoms with E-state index in [0.717, 1.165) is 23.3 Å². The Kier molecular flexibility index (Phi) is 3.18. The van der Waals surface area contributed by atoms with Gasteiger partial charge in [0.05, 0.1) is 17.7 Å². The molecule has 1 aromatic carbocycles. The van der Waals surface area contributed by atoms with Gasteiger partial charge in [0.1, 0.15) is 5.52 Å². The Labute approximate surface area is 114 Å². The van der Waals surface area contributed by atoms with Crippen molar-refractivity contribution in [1.29, 1.82) is 0 Å². The number of hydrogen-bond acceptors (Lipinski definition) is 6. The number of aromatic nitrogens is 2. The van der Waals surface area contributed by atoms with Gasteiger partial charge in [0.2, 0.25) is 5.89 Å². The van der Waals surface area contributed by atoms with Crippen molar-refractivity contribution in [3.05, 3.63) is 40.7 Å². The molecule has 2 N–H and O–H groups in total. The first-order chi connectivity index (χ1) is 9.20. The second-order valence-electron chi connectivity index (χ2n) is 4.49. The molecule has 0 aliphatic rings. The number of oxazole rings is 1. The molecule has 0 saturated heterocycles. The van der Waals surface area contributed by atoms with Gasteiger partial charge in [-0.25, -0.2) is 9.97 Å². The number of benzene rings is 1. The fourth-order valence-corrected chi connectivity index (χ4v) is 2.49. The van der Waals surface area contributed by atoms with E-state index in [2.05, 4.69) is 14.9 Å². The maximum Gasteiger partial charge on any atom is 0.209 e. The molecule has 0 aliphatic carbocycles. The molecule has 2 heterocycles. The summed E-state index contributed by atoms with van der Waals surface area (Å²) in [5.74, 6) is 0.693. The molecule has 2 aromatic heterocycles. The zero-order chi connectivity index (χ0) is 13.2. The van der Waals surface area contributed by atoms with Crippen LogP contribution in [0.3, 0.4) is 0 Å². The van der Waals surface area contributed by atoms with Crippen LogP contribution in [0.5, 0.6) is 0 Å². The van der Waals surface area contributed by atoms with E-state index in [1.807, 2.05) is 30.1 Å². The molecule has 3 rings (SSSR count). The number of nitrogens with two attached hydrogens (primary N) is 1. The predicted molar refractivity (Wildman–Crippen MR) is 75.7 cm³/mol. The summed E-state index contributed by atoms with van der Waals surface area (Å²) in [5, 5.41) is 2.04. The zero-order valence-corrected chi connectivity index (χ0v) is 11.4. The van der Waals surface area contributed by atoms with Crippen molar-refractivity contribution in [2.75, 3.05) is 12.8 Å². The molecule has 19 heavy (non-hydrogen) atoms. The van der Waals surface area contributed by atoms with Crippen LogP contribution < -0.4 is 5.73 Å². The van der Waals surface area contributed by atoms with Crippen LogP contribution >= 0.6 is 11.3 Å². The van der Waals surface area contributed by atoms with E-state index in [4.69, 9.17) is 10.2 Å². The van der Waals surface area contributed by atoms with Crippen molar-refractivity contribution in [2.24, 2.45) is 0 Å². The first-order valence-electron chi connectivity index (χ1n) is 5.91. The van der Waals surface area contributed by atoms with Gasteiger partial charge in [-0.1, -0.05) is 0 Å². The molecule has 0 atom stereocenters. The third-order valence-corrected chi connectivity index (χ3v) is 3.41. The maximum absolute atomic E-state index is 5.72. The van der Waals surface area contributed by atoms with Crippen molar-refractivity contribution in [3.63, 3.8) is 0 Å². The Morgan fingerprint density at radius 1 is 1.37 bits per heavy atom. The Balaban J connectivity index is 1.74. The molecule has 0 radical (unpaired) electrons. The zero-order valence-electron chi connectivity index (χ0n) is 10.5. The Bertz CT molecular complexity index is 677. The lowest BCUT2D eigenvalue weighted by molar-refractivity contribution is 0.283. The second-order valence-corrected chi connectivity index (χ2v) is 5.21. The quantitative estimate of drug-likeness (QED) is 0.740. The molecule has 3 aromatic rings. The lowest BCUT2D eigenvalue weighted by atomic mass is 10.3. The van der Waals surface area contributed by atoms with Crippen LogP contribution in [0.1, 0.15) is 11.6 Å². The number of rotatable bonds is 4. The maximum atomic E-state index is 5.72. The van der Waals surface area contributed by atoms with Gasteiger partial charge in [-0.15, -0.1) is 11.3 Å². The van der Waals surface area contributed by atoms with E-state index in [-0.39, 0.29) is 0 Å². The van der Waals surface area contributed by atoms with Crippen molar-refractivity contribution in [2.45, 2.75) is 13.1 Å². The topological polar surface area (TPSA) is 68.2 Å². The fourth-order valence-electron chi connectivity index (χ4n) is 1.94. The van der Waals surface area contributed by atoms with Crippen LogP contribution in [0.4, 0.5) is 5.69 Å². The Hall–Kier alpha value is -1.92. The summed E-state index contributed by atoms with van der Waals surface area (Å²) in [7, 11) is 2.02. The third kappa shape index (κ3) is 2.74. The van der Waals surface area contributed by atoms with Crippen molar-refractivity contribution in [3.8, 4) is 0 Å². The highest BCUT2D eigenvalue weighted by Crippen LogP contribution is 2.19. The van der Waals surface area contributed by atoms with Crippen LogP contribution in [-0.4, -0.2) is 21.9 Å². The van der Waals surface area contributed by atoms with E-state index in [1.165, 1.54) is 0 Å². The molecular weight excluding hydrogens is 260 g/mol. The smallest absolute Gasteiger partial charge is 0.209 e. The molecule has 0 spiro atoms. The minimum Gasteiger partial charge on any atom is -0.439 e. The summed E-state index contributed by atoms with van der Waals surface area (Å²) in [5.41, 5.74) is 10.9. The van der Waals surface area contributed by atoms with Crippen LogP contribution in [0, 0.1) is 0 Å². The second kappa shape index (κ2) is 4.99. The van der Waals surface area contributed by atoms with E-state index in [1.54, 1.807) is 17.4 Å². The monoisotopic (exact) mass is 274 g/mol. The van der Waals surface area contributed by atoms with Gasteiger partial charge in [-0.05, 0) is 19.2 Å². The van der Waals surface area contributed by atoms with Gasteiger partial charge in [0.25, 0.3) is 0 Å². The predicted octanol–water partition coefficient (Wildman–Crippen LogP) is 2.50. The van der Waals surface area contributed by atoms with Gasteiger partial charge in [-0.2, -0.15) is 0 Å². The molecule has 5 nitrogen and oxygen atoms in total. The first-order valence-corrected chi connectivity index (χ1v) is 6.85. The lowest BCUT2D eigenvalue weighted by Crippen LogP contribution is -2.17. The largest absolute Gasteiger partial charge is 0.439 e. The molecule has 0 aliphatic heterocycles. The van der Waals surface area contributed by atoms with E-state index in [0.29, 0.717) is 18.1 Å². The van der Waals surface area contributed by atoms with Gasteiger partial charge in [-0.3, -0.25) is 4.90 Å². The van der Waals surface area contributed by atoms with E-state index in [9.17, 15) is 0 Å². The average molecular weight is 274 g/mol. The molecule has 0 fully saturated rings. The standard InChI is InChI=1S/C13H14N4OS/c1-17(5-10-7-19-8-15-10)6-13-16-11-3-2-9(14)4-12(11)18-13/h2-4,7-8H,5-6,14H2,1H3. The first kappa shape index (κ1) is 12.1. The number of nitrogens with zero attached hydrogens (tertiary/aromatic N) is 3. The summed E-state index contributed by atoms with van der Waals surface area (Å²) < 4.78 is 5.69. The molecule has 0 bridgehead atoms.